The summed E-state index contributed by atoms with van der Waals surface area (Å²) in [4.78, 5) is 0. The molecule has 0 spiro atoms. The fourth-order valence-electron chi connectivity index (χ4n) is 2.91. The lowest BCUT2D eigenvalue weighted by Crippen LogP contribution is -2.31. The van der Waals surface area contributed by atoms with Gasteiger partial charge in [0.05, 0.1) is 12.7 Å². The molecular weight excluding hydrogens is 250 g/mol. The summed E-state index contributed by atoms with van der Waals surface area (Å²) in [6, 6.07) is 10.7. The zero-order chi connectivity index (χ0) is 14.2. The van der Waals surface area contributed by atoms with Crippen LogP contribution in [0.5, 0.6) is 0 Å². The van der Waals surface area contributed by atoms with Gasteiger partial charge in [0.1, 0.15) is 0 Å². The van der Waals surface area contributed by atoms with E-state index in [1.165, 1.54) is 12.0 Å². The number of methoxy groups -OCH3 is 1. The molecule has 0 saturated carbocycles. The Bertz CT molecular complexity index is 369. The summed E-state index contributed by atoms with van der Waals surface area (Å²) in [6.45, 7) is 5.94. The van der Waals surface area contributed by atoms with Gasteiger partial charge in [-0.05, 0) is 30.2 Å². The Morgan fingerprint density at radius 2 is 2.15 bits per heavy atom. The quantitative estimate of drug-likeness (QED) is 0.741. The standard InChI is InChI=1S/C17H27NO2/c1-14(15-6-4-3-5-7-15)12-17-16(8-10-20-17)13-18-9-11-19-2/h3-7,14,16-18H,8-13H2,1-2H3. The molecule has 0 radical (unpaired) electrons. The summed E-state index contributed by atoms with van der Waals surface area (Å²) in [7, 11) is 1.74. The molecule has 20 heavy (non-hydrogen) atoms. The molecule has 1 aliphatic rings. The maximum Gasteiger partial charge on any atom is 0.0622 e. The highest BCUT2D eigenvalue weighted by Gasteiger charge is 2.29. The summed E-state index contributed by atoms with van der Waals surface area (Å²) in [5.74, 6) is 1.19. The van der Waals surface area contributed by atoms with Crippen LogP contribution < -0.4 is 5.32 Å². The van der Waals surface area contributed by atoms with Crippen LogP contribution in [-0.4, -0.2) is 39.5 Å². The molecule has 1 heterocycles. The summed E-state index contributed by atoms with van der Waals surface area (Å²) < 4.78 is 11.0. The number of hydrogen-bond donors (Lipinski definition) is 1. The zero-order valence-corrected chi connectivity index (χ0v) is 12.7. The van der Waals surface area contributed by atoms with Crippen LogP contribution in [0, 0.1) is 5.92 Å². The first-order valence-corrected chi connectivity index (χ1v) is 7.67. The van der Waals surface area contributed by atoms with Crippen LogP contribution in [0.25, 0.3) is 0 Å². The van der Waals surface area contributed by atoms with E-state index in [2.05, 4.69) is 42.6 Å². The second-order valence-corrected chi connectivity index (χ2v) is 5.70. The van der Waals surface area contributed by atoms with E-state index in [1.807, 2.05) is 0 Å². The lowest BCUT2D eigenvalue weighted by atomic mass is 9.89. The largest absolute Gasteiger partial charge is 0.383 e. The fraction of sp³-hybridized carbons (Fsp3) is 0.647. The second kappa shape index (κ2) is 8.40. The Morgan fingerprint density at radius 1 is 1.35 bits per heavy atom. The van der Waals surface area contributed by atoms with Gasteiger partial charge in [-0.1, -0.05) is 37.3 Å². The highest BCUT2D eigenvalue weighted by Crippen LogP contribution is 2.30. The first-order chi connectivity index (χ1) is 9.81. The molecule has 1 aliphatic heterocycles. The molecule has 0 bridgehead atoms. The predicted molar refractivity (Wildman–Crippen MR) is 82.1 cm³/mol. The summed E-state index contributed by atoms with van der Waals surface area (Å²) in [6.07, 6.45) is 2.67. The van der Waals surface area contributed by atoms with Crippen LogP contribution in [-0.2, 0) is 9.47 Å². The van der Waals surface area contributed by atoms with E-state index < -0.39 is 0 Å². The fourth-order valence-corrected chi connectivity index (χ4v) is 2.91. The van der Waals surface area contributed by atoms with Gasteiger partial charge in [0.15, 0.2) is 0 Å². The van der Waals surface area contributed by atoms with Crippen molar-refractivity contribution in [2.24, 2.45) is 5.92 Å². The van der Waals surface area contributed by atoms with Crippen LogP contribution in [0.1, 0.15) is 31.2 Å². The lowest BCUT2D eigenvalue weighted by molar-refractivity contribution is 0.0778. The van der Waals surface area contributed by atoms with Crippen molar-refractivity contribution in [1.29, 1.82) is 0 Å². The van der Waals surface area contributed by atoms with Gasteiger partial charge >= 0.3 is 0 Å². The molecule has 1 saturated heterocycles. The van der Waals surface area contributed by atoms with Gasteiger partial charge < -0.3 is 14.8 Å². The number of ether oxygens (including phenoxy) is 2. The molecule has 3 atom stereocenters. The number of hydrogen-bond acceptors (Lipinski definition) is 3. The van der Waals surface area contributed by atoms with Gasteiger partial charge in [-0.25, -0.2) is 0 Å². The van der Waals surface area contributed by atoms with E-state index in [1.54, 1.807) is 7.11 Å². The minimum atomic E-state index is 0.389. The predicted octanol–water partition coefficient (Wildman–Crippen LogP) is 2.82. The second-order valence-electron chi connectivity index (χ2n) is 5.70. The van der Waals surface area contributed by atoms with Gasteiger partial charge in [0.2, 0.25) is 0 Å². The third-order valence-corrected chi connectivity index (χ3v) is 4.19. The third kappa shape index (κ3) is 4.58. The SMILES string of the molecule is COCCNCC1CCOC1CC(C)c1ccccc1. The summed E-state index contributed by atoms with van der Waals surface area (Å²) in [5.41, 5.74) is 1.41. The Morgan fingerprint density at radius 3 is 2.90 bits per heavy atom. The van der Waals surface area contributed by atoms with E-state index in [-0.39, 0.29) is 0 Å². The highest BCUT2D eigenvalue weighted by atomic mass is 16.5. The topological polar surface area (TPSA) is 30.5 Å². The van der Waals surface area contributed by atoms with Crippen LogP contribution in [0.3, 0.4) is 0 Å². The van der Waals surface area contributed by atoms with Crippen LogP contribution in [0.15, 0.2) is 30.3 Å². The van der Waals surface area contributed by atoms with E-state index in [0.717, 1.165) is 32.7 Å². The summed E-state index contributed by atoms with van der Waals surface area (Å²) in [5, 5.41) is 3.47. The Kier molecular flexibility index (Phi) is 6.51. The van der Waals surface area contributed by atoms with Gasteiger partial charge in [0.25, 0.3) is 0 Å². The molecule has 1 fully saturated rings. The van der Waals surface area contributed by atoms with Gasteiger partial charge in [-0.2, -0.15) is 0 Å². The van der Waals surface area contributed by atoms with Crippen molar-refractivity contribution in [3.63, 3.8) is 0 Å². The first-order valence-electron chi connectivity index (χ1n) is 7.67. The summed E-state index contributed by atoms with van der Waals surface area (Å²) >= 11 is 0. The number of benzene rings is 1. The minimum absolute atomic E-state index is 0.389. The van der Waals surface area contributed by atoms with Crippen molar-refractivity contribution in [3.8, 4) is 0 Å². The number of rotatable bonds is 8. The highest BCUT2D eigenvalue weighted by molar-refractivity contribution is 5.18. The molecular formula is C17H27NO2. The Balaban J connectivity index is 1.78. The molecule has 3 unspecified atom stereocenters. The molecule has 0 aromatic heterocycles. The monoisotopic (exact) mass is 277 g/mol. The van der Waals surface area contributed by atoms with Crippen molar-refractivity contribution in [1.82, 2.24) is 5.32 Å². The molecule has 1 aromatic carbocycles. The average molecular weight is 277 g/mol. The zero-order valence-electron chi connectivity index (χ0n) is 12.7. The Hall–Kier alpha value is -0.900. The molecule has 1 N–H and O–H groups in total. The normalized spacial score (nSPS) is 23.9. The molecule has 3 nitrogen and oxygen atoms in total. The van der Waals surface area contributed by atoms with Gasteiger partial charge in [0, 0.05) is 26.8 Å². The lowest BCUT2D eigenvalue weighted by Gasteiger charge is -2.22. The first kappa shape index (κ1) is 15.5. The molecule has 1 aromatic rings. The molecule has 112 valence electrons. The smallest absolute Gasteiger partial charge is 0.0622 e. The average Bonchev–Trinajstić information content (AvgIpc) is 2.92. The number of nitrogens with one attached hydrogen (secondary N) is 1. The van der Waals surface area contributed by atoms with Crippen molar-refractivity contribution >= 4 is 0 Å². The van der Waals surface area contributed by atoms with Crippen LogP contribution in [0.4, 0.5) is 0 Å². The van der Waals surface area contributed by atoms with E-state index in [4.69, 9.17) is 9.47 Å². The third-order valence-electron chi connectivity index (χ3n) is 4.19. The van der Waals surface area contributed by atoms with Gasteiger partial charge in [-0.15, -0.1) is 0 Å². The molecule has 2 rings (SSSR count). The molecule has 0 aliphatic carbocycles. The van der Waals surface area contributed by atoms with E-state index >= 15 is 0 Å². The van der Waals surface area contributed by atoms with Crippen molar-refractivity contribution in [3.05, 3.63) is 35.9 Å². The van der Waals surface area contributed by atoms with Crippen molar-refractivity contribution in [2.45, 2.75) is 31.8 Å². The maximum atomic E-state index is 5.94. The maximum absolute atomic E-state index is 5.94. The minimum Gasteiger partial charge on any atom is -0.383 e. The molecule has 0 amide bonds. The van der Waals surface area contributed by atoms with Crippen LogP contribution in [0.2, 0.25) is 0 Å². The van der Waals surface area contributed by atoms with E-state index in [0.29, 0.717) is 17.9 Å². The van der Waals surface area contributed by atoms with Crippen molar-refractivity contribution in [2.75, 3.05) is 33.4 Å². The Labute approximate surface area is 122 Å². The van der Waals surface area contributed by atoms with Crippen molar-refractivity contribution < 1.29 is 9.47 Å². The van der Waals surface area contributed by atoms with Gasteiger partial charge in [-0.3, -0.25) is 0 Å². The van der Waals surface area contributed by atoms with E-state index in [9.17, 15) is 0 Å². The van der Waals surface area contributed by atoms with Crippen LogP contribution >= 0.6 is 0 Å². The molecule has 3 heteroatoms.